The lowest BCUT2D eigenvalue weighted by atomic mass is 10.1. The van der Waals surface area contributed by atoms with Crippen molar-refractivity contribution >= 4 is 5.88 Å². The second-order valence-corrected chi connectivity index (χ2v) is 6.37. The Labute approximate surface area is 157 Å². The van der Waals surface area contributed by atoms with E-state index in [1.807, 2.05) is 54.6 Å². The summed E-state index contributed by atoms with van der Waals surface area (Å²) < 4.78 is 17.1. The van der Waals surface area contributed by atoms with E-state index in [1.54, 1.807) is 0 Å². The number of ether oxygens (including phenoxy) is 2. The lowest BCUT2D eigenvalue weighted by molar-refractivity contribution is 0.120. The first-order chi connectivity index (χ1) is 13.3. The normalized spacial score (nSPS) is 14.1. The molecule has 3 aromatic rings. The van der Waals surface area contributed by atoms with Crippen molar-refractivity contribution in [1.29, 1.82) is 0 Å². The van der Waals surface area contributed by atoms with Crippen molar-refractivity contribution in [3.8, 4) is 16.9 Å². The molecule has 5 nitrogen and oxygen atoms in total. The summed E-state index contributed by atoms with van der Waals surface area (Å²) in [4.78, 5) is 14.7. The minimum absolute atomic E-state index is 0.0667. The van der Waals surface area contributed by atoms with Crippen molar-refractivity contribution in [3.05, 3.63) is 82.7 Å². The lowest BCUT2D eigenvalue weighted by Crippen LogP contribution is -2.37. The second-order valence-electron chi connectivity index (χ2n) is 6.37. The van der Waals surface area contributed by atoms with Crippen LogP contribution in [-0.4, -0.2) is 26.3 Å². The fourth-order valence-corrected chi connectivity index (χ4v) is 3.16. The third-order valence-corrected chi connectivity index (χ3v) is 4.53. The molecule has 138 valence electrons. The molecule has 0 bridgehead atoms. The van der Waals surface area contributed by atoms with Crippen LogP contribution in [0.4, 0.5) is 5.88 Å². The molecule has 2 aromatic carbocycles. The molecule has 0 atom stereocenters. The molecule has 0 radical (unpaired) electrons. The molecule has 4 rings (SSSR count). The first-order valence-corrected chi connectivity index (χ1v) is 9.03. The molecular weight excluding hydrogens is 342 g/mol. The third kappa shape index (κ3) is 4.04. The van der Waals surface area contributed by atoms with E-state index in [-0.39, 0.29) is 5.43 Å². The fourth-order valence-electron chi connectivity index (χ4n) is 3.16. The Kier molecular flexibility index (Phi) is 5.21. The van der Waals surface area contributed by atoms with Gasteiger partial charge >= 0.3 is 0 Å². The van der Waals surface area contributed by atoms with E-state index in [2.05, 4.69) is 4.90 Å². The molecule has 1 aliphatic rings. The van der Waals surface area contributed by atoms with Crippen LogP contribution in [0.25, 0.3) is 11.1 Å². The highest BCUT2D eigenvalue weighted by molar-refractivity contribution is 5.75. The molecule has 1 fully saturated rings. The average molecular weight is 363 g/mol. The Morgan fingerprint density at radius 2 is 1.78 bits per heavy atom. The van der Waals surface area contributed by atoms with Gasteiger partial charge in [-0.2, -0.15) is 0 Å². The van der Waals surface area contributed by atoms with E-state index in [4.69, 9.17) is 13.9 Å². The SMILES string of the molecule is O=c1ccoc(N2CCOCC2)c1-c1cccc(OCc2ccccc2)c1. The molecule has 0 spiro atoms. The van der Waals surface area contributed by atoms with Crippen LogP contribution >= 0.6 is 0 Å². The molecule has 5 heteroatoms. The minimum Gasteiger partial charge on any atom is -0.489 e. The Bertz CT molecular complexity index is 946. The summed E-state index contributed by atoms with van der Waals surface area (Å²) in [7, 11) is 0. The van der Waals surface area contributed by atoms with E-state index in [0.29, 0.717) is 50.1 Å². The topological polar surface area (TPSA) is 51.9 Å². The highest BCUT2D eigenvalue weighted by Crippen LogP contribution is 2.30. The minimum atomic E-state index is -0.0667. The van der Waals surface area contributed by atoms with Crippen LogP contribution in [0.15, 0.2) is 76.1 Å². The Morgan fingerprint density at radius 3 is 2.59 bits per heavy atom. The van der Waals surface area contributed by atoms with Crippen molar-refractivity contribution in [2.45, 2.75) is 6.61 Å². The fraction of sp³-hybridized carbons (Fsp3) is 0.227. The van der Waals surface area contributed by atoms with E-state index < -0.39 is 0 Å². The number of anilines is 1. The molecule has 27 heavy (non-hydrogen) atoms. The average Bonchev–Trinajstić information content (AvgIpc) is 2.74. The van der Waals surface area contributed by atoms with Gasteiger partial charge in [-0.05, 0) is 23.3 Å². The maximum absolute atomic E-state index is 12.6. The van der Waals surface area contributed by atoms with Gasteiger partial charge in [-0.3, -0.25) is 4.79 Å². The molecule has 0 unspecified atom stereocenters. The van der Waals surface area contributed by atoms with Crippen LogP contribution in [0.1, 0.15) is 5.56 Å². The number of nitrogens with zero attached hydrogens (tertiary/aromatic N) is 1. The summed E-state index contributed by atoms with van der Waals surface area (Å²) in [6, 6.07) is 19.0. The van der Waals surface area contributed by atoms with Crippen LogP contribution < -0.4 is 15.1 Å². The zero-order chi connectivity index (χ0) is 18.5. The first kappa shape index (κ1) is 17.4. The van der Waals surface area contributed by atoms with Gasteiger partial charge in [-0.25, -0.2) is 0 Å². The molecule has 1 aromatic heterocycles. The molecule has 0 saturated carbocycles. The van der Waals surface area contributed by atoms with E-state index >= 15 is 0 Å². The van der Waals surface area contributed by atoms with Gasteiger partial charge in [-0.1, -0.05) is 42.5 Å². The van der Waals surface area contributed by atoms with Crippen LogP contribution in [0.3, 0.4) is 0 Å². The summed E-state index contributed by atoms with van der Waals surface area (Å²) >= 11 is 0. The zero-order valence-electron chi connectivity index (χ0n) is 15.0. The maximum Gasteiger partial charge on any atom is 0.207 e. The second kappa shape index (κ2) is 8.10. The summed E-state index contributed by atoms with van der Waals surface area (Å²) in [5.41, 5.74) is 2.38. The van der Waals surface area contributed by atoms with Crippen molar-refractivity contribution < 1.29 is 13.9 Å². The van der Waals surface area contributed by atoms with Crippen LogP contribution in [0, 0.1) is 0 Å². The number of hydrogen-bond acceptors (Lipinski definition) is 5. The summed E-state index contributed by atoms with van der Waals surface area (Å²) in [5, 5.41) is 0. The van der Waals surface area contributed by atoms with Gasteiger partial charge in [0.2, 0.25) is 5.88 Å². The molecule has 0 aliphatic carbocycles. The first-order valence-electron chi connectivity index (χ1n) is 9.03. The van der Waals surface area contributed by atoms with E-state index in [1.165, 1.54) is 12.3 Å². The highest BCUT2D eigenvalue weighted by atomic mass is 16.5. The van der Waals surface area contributed by atoms with Gasteiger partial charge in [0.15, 0.2) is 5.43 Å². The number of rotatable bonds is 5. The standard InChI is InChI=1S/C22H21NO4/c24-20-9-12-26-22(23-10-13-25-14-11-23)21(20)18-7-4-8-19(15-18)27-16-17-5-2-1-3-6-17/h1-9,12,15H,10-11,13-14,16H2. The summed E-state index contributed by atoms with van der Waals surface area (Å²) in [6.07, 6.45) is 1.45. The number of hydrogen-bond donors (Lipinski definition) is 0. The molecule has 1 aliphatic heterocycles. The van der Waals surface area contributed by atoms with Crippen LogP contribution in [-0.2, 0) is 11.3 Å². The Morgan fingerprint density at radius 1 is 0.963 bits per heavy atom. The zero-order valence-corrected chi connectivity index (χ0v) is 15.0. The van der Waals surface area contributed by atoms with Crippen LogP contribution in [0.2, 0.25) is 0 Å². The quantitative estimate of drug-likeness (QED) is 0.691. The predicted octanol–water partition coefficient (Wildman–Crippen LogP) is 3.72. The third-order valence-electron chi connectivity index (χ3n) is 4.53. The lowest BCUT2D eigenvalue weighted by Gasteiger charge is -2.28. The van der Waals surface area contributed by atoms with Crippen molar-refractivity contribution in [1.82, 2.24) is 0 Å². The monoisotopic (exact) mass is 363 g/mol. The number of morpholine rings is 1. The molecule has 2 heterocycles. The summed E-state index contributed by atoms with van der Waals surface area (Å²) in [6.45, 7) is 3.12. The Hall–Kier alpha value is -3.05. The highest BCUT2D eigenvalue weighted by Gasteiger charge is 2.20. The van der Waals surface area contributed by atoms with Crippen molar-refractivity contribution in [2.24, 2.45) is 0 Å². The van der Waals surface area contributed by atoms with Crippen molar-refractivity contribution in [3.63, 3.8) is 0 Å². The van der Waals surface area contributed by atoms with Gasteiger partial charge in [0.05, 0.1) is 25.0 Å². The molecule has 0 N–H and O–H groups in total. The largest absolute Gasteiger partial charge is 0.489 e. The number of benzene rings is 2. The molecular formula is C22H21NO4. The van der Waals surface area contributed by atoms with Crippen LogP contribution in [0.5, 0.6) is 5.75 Å². The van der Waals surface area contributed by atoms with E-state index in [9.17, 15) is 4.79 Å². The van der Waals surface area contributed by atoms with Gasteiger partial charge in [0, 0.05) is 19.2 Å². The van der Waals surface area contributed by atoms with Gasteiger partial charge in [0.1, 0.15) is 12.4 Å². The smallest absolute Gasteiger partial charge is 0.207 e. The van der Waals surface area contributed by atoms with Gasteiger partial charge in [-0.15, -0.1) is 0 Å². The van der Waals surface area contributed by atoms with Gasteiger partial charge in [0.25, 0.3) is 0 Å². The summed E-state index contributed by atoms with van der Waals surface area (Å²) in [5.74, 6) is 1.30. The maximum atomic E-state index is 12.6. The molecule has 0 amide bonds. The van der Waals surface area contributed by atoms with Gasteiger partial charge < -0.3 is 18.8 Å². The predicted molar refractivity (Wildman–Crippen MR) is 104 cm³/mol. The van der Waals surface area contributed by atoms with E-state index in [0.717, 1.165) is 11.1 Å². The van der Waals surface area contributed by atoms with Crippen molar-refractivity contribution in [2.75, 3.05) is 31.2 Å². The Balaban J connectivity index is 1.63. The molecule has 1 saturated heterocycles.